The lowest BCUT2D eigenvalue weighted by Crippen LogP contribution is -2.38. The van der Waals surface area contributed by atoms with Crippen molar-refractivity contribution in [2.45, 2.75) is 34.0 Å². The van der Waals surface area contributed by atoms with Crippen molar-refractivity contribution in [1.82, 2.24) is 5.32 Å². The predicted octanol–water partition coefficient (Wildman–Crippen LogP) is 0.685. The quantitative estimate of drug-likeness (QED) is 0.383. The fourth-order valence-electron chi connectivity index (χ4n) is 1.05. The Bertz CT molecular complexity index is 408. The molecule has 0 aromatic carbocycles. The Morgan fingerprint density at radius 3 is 2.14 bits per heavy atom. The Morgan fingerprint density at radius 1 is 1.14 bits per heavy atom. The van der Waals surface area contributed by atoms with E-state index in [1.807, 2.05) is 0 Å². The van der Waals surface area contributed by atoms with Gasteiger partial charge < -0.3 is 19.3 Å². The molecule has 1 amide bonds. The first-order valence-corrected chi connectivity index (χ1v) is 7.65. The molecule has 0 radical (unpaired) electrons. The number of rotatable bonds is 8. The van der Waals surface area contributed by atoms with Crippen LogP contribution in [-0.4, -0.2) is 45.2 Å². The van der Waals surface area contributed by atoms with Gasteiger partial charge in [0.15, 0.2) is 16.9 Å². The maximum atomic E-state index is 11.5. The first-order chi connectivity index (χ1) is 9.63. The number of esters is 1. The second kappa shape index (κ2) is 9.46. The molecule has 0 fully saturated rings. The summed E-state index contributed by atoms with van der Waals surface area (Å²) in [5, 5.41) is 2.13. The van der Waals surface area contributed by atoms with Gasteiger partial charge in [-0.15, -0.1) is 0 Å². The van der Waals surface area contributed by atoms with E-state index in [9.17, 15) is 18.6 Å². The lowest BCUT2D eigenvalue weighted by molar-refractivity contribution is -0.178. The number of hydrogen-bond acceptors (Lipinski definition) is 6. The summed E-state index contributed by atoms with van der Waals surface area (Å²) in [4.78, 5) is 34.1. The molecular formula is C12H21NO7S. The normalized spacial score (nSPS) is 13.7. The third kappa shape index (κ3) is 9.14. The molecule has 0 spiro atoms. The molecule has 0 saturated heterocycles. The van der Waals surface area contributed by atoms with E-state index >= 15 is 0 Å². The van der Waals surface area contributed by atoms with Crippen LogP contribution in [0.3, 0.4) is 0 Å². The molecule has 0 aliphatic carbocycles. The topological polar surface area (TPSA) is 119 Å². The van der Waals surface area contributed by atoms with Crippen molar-refractivity contribution >= 4 is 28.9 Å². The highest BCUT2D eigenvalue weighted by Crippen LogP contribution is 2.11. The van der Waals surface area contributed by atoms with Crippen molar-refractivity contribution in [3.8, 4) is 0 Å². The maximum absolute atomic E-state index is 11.5. The SMILES string of the molecule is CC(C)C(=O)O[C@H](OC(=O)NCC(=O)CS(=O)O)C(C)C. The number of alkyl carbamates (subject to hydrolysis) is 1. The minimum atomic E-state index is -2.25. The van der Waals surface area contributed by atoms with Crippen molar-refractivity contribution in [3.63, 3.8) is 0 Å². The van der Waals surface area contributed by atoms with Crippen molar-refractivity contribution in [2.75, 3.05) is 12.3 Å². The highest BCUT2D eigenvalue weighted by Gasteiger charge is 2.24. The third-order valence-corrected chi connectivity index (χ3v) is 2.75. The molecule has 0 bridgehead atoms. The fourth-order valence-corrected chi connectivity index (χ4v) is 1.43. The van der Waals surface area contributed by atoms with Gasteiger partial charge in [-0.1, -0.05) is 27.7 Å². The van der Waals surface area contributed by atoms with Crippen LogP contribution < -0.4 is 5.32 Å². The Labute approximate surface area is 125 Å². The summed E-state index contributed by atoms with van der Waals surface area (Å²) in [6.45, 7) is 6.26. The van der Waals surface area contributed by atoms with E-state index in [0.29, 0.717) is 0 Å². The van der Waals surface area contributed by atoms with E-state index in [4.69, 9.17) is 14.0 Å². The summed E-state index contributed by atoms with van der Waals surface area (Å²) in [7, 11) is 0. The largest absolute Gasteiger partial charge is 0.425 e. The van der Waals surface area contributed by atoms with Gasteiger partial charge in [0.25, 0.3) is 6.29 Å². The highest BCUT2D eigenvalue weighted by atomic mass is 32.2. The van der Waals surface area contributed by atoms with Crippen LogP contribution in [0, 0.1) is 11.8 Å². The molecule has 2 atom stereocenters. The first-order valence-electron chi connectivity index (χ1n) is 6.37. The second-order valence-electron chi connectivity index (χ2n) is 4.97. The zero-order chi connectivity index (χ0) is 16.6. The summed E-state index contributed by atoms with van der Waals surface area (Å²) in [6.07, 6.45) is -2.01. The summed E-state index contributed by atoms with van der Waals surface area (Å²) < 4.78 is 28.8. The van der Waals surface area contributed by atoms with Crippen LogP contribution in [-0.2, 0) is 30.1 Å². The number of carbonyl (C=O) groups is 3. The molecule has 0 rings (SSSR count). The number of hydrogen-bond donors (Lipinski definition) is 2. The minimum Gasteiger partial charge on any atom is -0.425 e. The van der Waals surface area contributed by atoms with Crippen molar-refractivity contribution in [1.29, 1.82) is 0 Å². The Balaban J connectivity index is 4.33. The number of nitrogens with one attached hydrogen (secondary N) is 1. The van der Waals surface area contributed by atoms with Gasteiger partial charge in [-0.3, -0.25) is 9.59 Å². The average molecular weight is 323 g/mol. The van der Waals surface area contributed by atoms with E-state index in [1.54, 1.807) is 27.7 Å². The summed E-state index contributed by atoms with van der Waals surface area (Å²) in [6, 6.07) is 0. The zero-order valence-corrected chi connectivity index (χ0v) is 13.3. The Morgan fingerprint density at radius 2 is 1.71 bits per heavy atom. The number of ketones is 1. The fraction of sp³-hybridized carbons (Fsp3) is 0.750. The van der Waals surface area contributed by atoms with Gasteiger partial charge in [0.05, 0.1) is 12.5 Å². The Hall–Kier alpha value is -1.48. The molecule has 0 aromatic heterocycles. The molecule has 0 aliphatic heterocycles. The Kier molecular flexibility index (Phi) is 8.79. The monoisotopic (exact) mass is 323 g/mol. The number of carbonyl (C=O) groups excluding carboxylic acids is 3. The van der Waals surface area contributed by atoms with Crippen LogP contribution in [0.5, 0.6) is 0 Å². The summed E-state index contributed by atoms with van der Waals surface area (Å²) in [5.41, 5.74) is 0. The molecule has 0 aromatic rings. The van der Waals surface area contributed by atoms with Gasteiger partial charge in [-0.05, 0) is 0 Å². The van der Waals surface area contributed by atoms with Crippen molar-refractivity contribution < 1.29 is 32.6 Å². The van der Waals surface area contributed by atoms with Gasteiger partial charge in [0, 0.05) is 5.92 Å². The van der Waals surface area contributed by atoms with Gasteiger partial charge in [0.1, 0.15) is 5.75 Å². The van der Waals surface area contributed by atoms with E-state index in [-0.39, 0.29) is 11.8 Å². The van der Waals surface area contributed by atoms with E-state index in [1.165, 1.54) is 0 Å². The highest BCUT2D eigenvalue weighted by molar-refractivity contribution is 7.80. The molecule has 1 unspecified atom stereocenters. The molecule has 2 N–H and O–H groups in total. The van der Waals surface area contributed by atoms with Crippen LogP contribution in [0.15, 0.2) is 0 Å². The molecule has 8 nitrogen and oxygen atoms in total. The molecule has 0 aliphatic rings. The van der Waals surface area contributed by atoms with Gasteiger partial charge >= 0.3 is 12.1 Å². The molecule has 0 heterocycles. The standard InChI is InChI=1S/C12H21NO7S/c1-7(2)10(15)19-11(8(3)4)20-12(16)13-5-9(14)6-21(17)18/h7-8,11H,5-6H2,1-4H3,(H,13,16)(H,17,18)/t11-/m1/s1. The molecular weight excluding hydrogens is 302 g/mol. The van der Waals surface area contributed by atoms with Crippen molar-refractivity contribution in [2.24, 2.45) is 11.8 Å². The summed E-state index contributed by atoms with van der Waals surface area (Å²) in [5.74, 6) is -2.32. The van der Waals surface area contributed by atoms with Crippen LogP contribution in [0.25, 0.3) is 0 Å². The van der Waals surface area contributed by atoms with Crippen LogP contribution in [0.2, 0.25) is 0 Å². The molecule has 0 saturated carbocycles. The van der Waals surface area contributed by atoms with Gasteiger partial charge in [0.2, 0.25) is 0 Å². The molecule has 122 valence electrons. The van der Waals surface area contributed by atoms with E-state index < -0.39 is 47.5 Å². The lowest BCUT2D eigenvalue weighted by Gasteiger charge is -2.22. The van der Waals surface area contributed by atoms with Gasteiger partial charge in [-0.25, -0.2) is 9.00 Å². The van der Waals surface area contributed by atoms with Crippen LogP contribution in [0.4, 0.5) is 4.79 Å². The average Bonchev–Trinajstić information content (AvgIpc) is 2.34. The van der Waals surface area contributed by atoms with Crippen LogP contribution in [0.1, 0.15) is 27.7 Å². The zero-order valence-electron chi connectivity index (χ0n) is 12.5. The smallest absolute Gasteiger partial charge is 0.410 e. The number of amides is 1. The minimum absolute atomic E-state index is 0.265. The number of Topliss-reactive ketones (excluding diaryl/α,β-unsaturated/α-hetero) is 1. The molecule has 9 heteroatoms. The van der Waals surface area contributed by atoms with Crippen molar-refractivity contribution in [3.05, 3.63) is 0 Å². The first kappa shape index (κ1) is 19.5. The number of ether oxygens (including phenoxy) is 2. The van der Waals surface area contributed by atoms with Gasteiger partial charge in [-0.2, -0.15) is 0 Å². The molecule has 21 heavy (non-hydrogen) atoms. The predicted molar refractivity (Wildman–Crippen MR) is 74.7 cm³/mol. The van der Waals surface area contributed by atoms with E-state index in [0.717, 1.165) is 0 Å². The second-order valence-corrected chi connectivity index (χ2v) is 5.90. The van der Waals surface area contributed by atoms with E-state index in [2.05, 4.69) is 5.32 Å². The lowest BCUT2D eigenvalue weighted by atomic mass is 10.2. The summed E-state index contributed by atoms with van der Waals surface area (Å²) >= 11 is -2.25. The maximum Gasteiger partial charge on any atom is 0.410 e. The third-order valence-electron chi connectivity index (χ3n) is 2.19. The van der Waals surface area contributed by atoms with Crippen LogP contribution >= 0.6 is 0 Å².